The van der Waals surface area contributed by atoms with Crippen LogP contribution in [-0.4, -0.2) is 13.1 Å². The van der Waals surface area contributed by atoms with E-state index in [9.17, 15) is 0 Å². The predicted molar refractivity (Wildman–Crippen MR) is 68.3 cm³/mol. The summed E-state index contributed by atoms with van der Waals surface area (Å²) in [4.78, 5) is 2.17. The molecule has 0 radical (unpaired) electrons. The number of nitrogen functional groups attached to an aromatic ring is 1. The Morgan fingerprint density at radius 2 is 2.19 bits per heavy atom. The highest BCUT2D eigenvalue weighted by Gasteiger charge is 2.09. The minimum absolute atomic E-state index is 0.0301. The largest absolute Gasteiger partial charge is 0.398 e. The maximum Gasteiger partial charge on any atom is 0.0671 e. The number of anilines is 2. The van der Waals surface area contributed by atoms with E-state index >= 15 is 0 Å². The van der Waals surface area contributed by atoms with E-state index in [-0.39, 0.29) is 5.92 Å². The Kier molecular flexibility index (Phi) is 4.19. The average Bonchev–Trinajstić information content (AvgIpc) is 2.29. The van der Waals surface area contributed by atoms with Crippen LogP contribution >= 0.6 is 0 Å². The lowest BCUT2D eigenvalue weighted by atomic mass is 10.1. The highest BCUT2D eigenvalue weighted by molar-refractivity contribution is 5.59. The molecule has 16 heavy (non-hydrogen) atoms. The van der Waals surface area contributed by atoms with E-state index in [0.717, 1.165) is 30.0 Å². The van der Waals surface area contributed by atoms with E-state index in [2.05, 4.69) is 24.0 Å². The summed E-state index contributed by atoms with van der Waals surface area (Å²) in [7, 11) is 0. The zero-order valence-electron chi connectivity index (χ0n) is 10.2. The fraction of sp³-hybridized carbons (Fsp3) is 0.462. The Morgan fingerprint density at radius 3 is 2.69 bits per heavy atom. The van der Waals surface area contributed by atoms with E-state index in [1.54, 1.807) is 0 Å². The Bertz CT molecular complexity index is 393. The van der Waals surface area contributed by atoms with Gasteiger partial charge in [-0.05, 0) is 38.5 Å². The quantitative estimate of drug-likeness (QED) is 0.789. The number of hydrogen-bond acceptors (Lipinski definition) is 3. The van der Waals surface area contributed by atoms with Crippen LogP contribution in [0.15, 0.2) is 18.2 Å². The van der Waals surface area contributed by atoms with E-state index in [0.29, 0.717) is 0 Å². The van der Waals surface area contributed by atoms with Crippen molar-refractivity contribution in [2.45, 2.75) is 20.8 Å². The maximum absolute atomic E-state index is 8.82. The highest BCUT2D eigenvalue weighted by atomic mass is 15.1. The first-order chi connectivity index (χ1) is 7.58. The molecule has 2 N–H and O–H groups in total. The van der Waals surface area contributed by atoms with Gasteiger partial charge in [0.2, 0.25) is 0 Å². The lowest BCUT2D eigenvalue weighted by Crippen LogP contribution is -2.27. The Labute approximate surface area is 97.5 Å². The van der Waals surface area contributed by atoms with Crippen LogP contribution in [0.5, 0.6) is 0 Å². The molecule has 1 unspecified atom stereocenters. The van der Waals surface area contributed by atoms with Crippen molar-refractivity contribution < 1.29 is 0 Å². The van der Waals surface area contributed by atoms with Gasteiger partial charge in [0.15, 0.2) is 0 Å². The minimum Gasteiger partial charge on any atom is -0.398 e. The lowest BCUT2D eigenvalue weighted by Gasteiger charge is -2.24. The van der Waals surface area contributed by atoms with Crippen molar-refractivity contribution >= 4 is 11.4 Å². The highest BCUT2D eigenvalue weighted by Crippen LogP contribution is 2.21. The molecule has 1 aromatic carbocycles. The fourth-order valence-corrected chi connectivity index (χ4v) is 1.61. The van der Waals surface area contributed by atoms with Crippen LogP contribution in [0.4, 0.5) is 11.4 Å². The zero-order chi connectivity index (χ0) is 12.1. The molecular weight excluding hydrogens is 198 g/mol. The molecule has 0 saturated carbocycles. The van der Waals surface area contributed by atoms with Crippen LogP contribution in [0, 0.1) is 24.2 Å². The summed E-state index contributed by atoms with van der Waals surface area (Å²) in [5.41, 5.74) is 8.87. The Hall–Kier alpha value is -1.69. The van der Waals surface area contributed by atoms with Gasteiger partial charge in [-0.1, -0.05) is 6.07 Å². The third kappa shape index (κ3) is 2.90. The molecule has 0 bridgehead atoms. The van der Waals surface area contributed by atoms with Gasteiger partial charge in [0.1, 0.15) is 0 Å². The normalized spacial score (nSPS) is 11.9. The average molecular weight is 217 g/mol. The summed E-state index contributed by atoms with van der Waals surface area (Å²) < 4.78 is 0. The van der Waals surface area contributed by atoms with Gasteiger partial charge in [-0.15, -0.1) is 0 Å². The van der Waals surface area contributed by atoms with Crippen LogP contribution in [0.3, 0.4) is 0 Å². The third-order valence-electron chi connectivity index (χ3n) is 2.72. The summed E-state index contributed by atoms with van der Waals surface area (Å²) in [6.07, 6.45) is 0. The fourth-order valence-electron chi connectivity index (χ4n) is 1.61. The number of rotatable bonds is 4. The van der Waals surface area contributed by atoms with E-state index in [1.807, 2.05) is 26.0 Å². The predicted octanol–water partition coefficient (Wildman–Crippen LogP) is 2.56. The number of benzene rings is 1. The molecular formula is C13H19N3. The molecule has 0 aromatic heterocycles. The van der Waals surface area contributed by atoms with Crippen molar-refractivity contribution in [1.82, 2.24) is 0 Å². The van der Waals surface area contributed by atoms with Crippen molar-refractivity contribution in [2.24, 2.45) is 5.92 Å². The van der Waals surface area contributed by atoms with Gasteiger partial charge >= 0.3 is 0 Å². The van der Waals surface area contributed by atoms with Crippen LogP contribution in [0.1, 0.15) is 19.4 Å². The van der Waals surface area contributed by atoms with Gasteiger partial charge in [-0.25, -0.2) is 0 Å². The van der Waals surface area contributed by atoms with Gasteiger partial charge < -0.3 is 10.6 Å². The van der Waals surface area contributed by atoms with Crippen molar-refractivity contribution in [1.29, 1.82) is 5.26 Å². The molecule has 3 heteroatoms. The molecule has 0 aliphatic heterocycles. The molecule has 86 valence electrons. The van der Waals surface area contributed by atoms with E-state index in [4.69, 9.17) is 11.0 Å². The molecule has 1 aromatic rings. The summed E-state index contributed by atoms with van der Waals surface area (Å²) in [5, 5.41) is 8.82. The molecule has 0 saturated heterocycles. The number of nitrogens with zero attached hydrogens (tertiary/aromatic N) is 2. The summed E-state index contributed by atoms with van der Waals surface area (Å²) in [5.74, 6) is 0.0301. The van der Waals surface area contributed by atoms with Gasteiger partial charge in [0, 0.05) is 24.5 Å². The van der Waals surface area contributed by atoms with Gasteiger partial charge in [0.25, 0.3) is 0 Å². The smallest absolute Gasteiger partial charge is 0.0671 e. The van der Waals surface area contributed by atoms with Crippen LogP contribution in [-0.2, 0) is 0 Å². The third-order valence-corrected chi connectivity index (χ3v) is 2.72. The van der Waals surface area contributed by atoms with Crippen LogP contribution < -0.4 is 10.6 Å². The SMILES string of the molecule is CCN(CC(C)C#N)c1ccc(C)c(N)c1. The molecule has 0 heterocycles. The van der Waals surface area contributed by atoms with Crippen molar-refractivity contribution in [3.05, 3.63) is 23.8 Å². The van der Waals surface area contributed by atoms with Gasteiger partial charge in [0.05, 0.1) is 12.0 Å². The van der Waals surface area contributed by atoms with Crippen molar-refractivity contribution in [3.63, 3.8) is 0 Å². The van der Waals surface area contributed by atoms with E-state index < -0.39 is 0 Å². The minimum atomic E-state index is 0.0301. The van der Waals surface area contributed by atoms with Gasteiger partial charge in [-0.2, -0.15) is 5.26 Å². The maximum atomic E-state index is 8.82. The molecule has 0 aliphatic rings. The molecule has 0 fully saturated rings. The van der Waals surface area contributed by atoms with Crippen LogP contribution in [0.2, 0.25) is 0 Å². The number of aryl methyl sites for hydroxylation is 1. The Balaban J connectivity index is 2.87. The zero-order valence-corrected chi connectivity index (χ0v) is 10.2. The Morgan fingerprint density at radius 1 is 1.50 bits per heavy atom. The molecule has 0 amide bonds. The summed E-state index contributed by atoms with van der Waals surface area (Å²) >= 11 is 0. The summed E-state index contributed by atoms with van der Waals surface area (Å²) in [6.45, 7) is 7.64. The molecule has 0 aliphatic carbocycles. The second kappa shape index (κ2) is 5.41. The lowest BCUT2D eigenvalue weighted by molar-refractivity contribution is 0.686. The molecule has 3 nitrogen and oxygen atoms in total. The van der Waals surface area contributed by atoms with E-state index in [1.165, 1.54) is 0 Å². The molecule has 0 spiro atoms. The first-order valence-electron chi connectivity index (χ1n) is 5.59. The molecule has 1 atom stereocenters. The molecule has 1 rings (SSSR count). The second-order valence-corrected chi connectivity index (χ2v) is 4.11. The number of nitriles is 1. The second-order valence-electron chi connectivity index (χ2n) is 4.11. The monoisotopic (exact) mass is 217 g/mol. The van der Waals surface area contributed by atoms with Gasteiger partial charge in [-0.3, -0.25) is 0 Å². The topological polar surface area (TPSA) is 53.0 Å². The summed E-state index contributed by atoms with van der Waals surface area (Å²) in [6, 6.07) is 8.30. The number of nitrogens with two attached hydrogens (primary N) is 1. The van der Waals surface area contributed by atoms with Crippen molar-refractivity contribution in [2.75, 3.05) is 23.7 Å². The standard InChI is InChI=1S/C13H19N3/c1-4-16(9-10(2)8-14)12-6-5-11(3)13(15)7-12/h5-7,10H,4,9,15H2,1-3H3. The van der Waals surface area contributed by atoms with Crippen molar-refractivity contribution in [3.8, 4) is 6.07 Å². The first kappa shape index (κ1) is 12.4. The number of hydrogen-bond donors (Lipinski definition) is 1. The van der Waals surface area contributed by atoms with Crippen LogP contribution in [0.25, 0.3) is 0 Å². The first-order valence-corrected chi connectivity index (χ1v) is 5.59.